The smallest absolute Gasteiger partial charge is 0.410 e. The second-order valence-electron chi connectivity index (χ2n) is 9.05. The van der Waals surface area contributed by atoms with E-state index in [0.717, 1.165) is 40.8 Å². The molecule has 3 aromatic carbocycles. The van der Waals surface area contributed by atoms with Crippen LogP contribution in [0.1, 0.15) is 37.3 Å². The SMILES string of the molecule is CCCCSC1(c2ccc(-c3ccccc3)cc2)CC(C(=O)OC)N(C(=O)OCc2ccccc2)C1. The van der Waals surface area contributed by atoms with E-state index in [2.05, 4.69) is 43.3 Å². The number of hydrogen-bond acceptors (Lipinski definition) is 5. The van der Waals surface area contributed by atoms with E-state index < -0.39 is 22.9 Å². The van der Waals surface area contributed by atoms with Crippen LogP contribution >= 0.6 is 11.8 Å². The minimum atomic E-state index is -0.693. The summed E-state index contributed by atoms with van der Waals surface area (Å²) >= 11 is 1.82. The topological polar surface area (TPSA) is 55.8 Å². The van der Waals surface area contributed by atoms with Crippen molar-refractivity contribution in [3.05, 3.63) is 96.1 Å². The minimum absolute atomic E-state index is 0.159. The lowest BCUT2D eigenvalue weighted by atomic mass is 9.93. The van der Waals surface area contributed by atoms with Crippen LogP contribution in [0.2, 0.25) is 0 Å². The van der Waals surface area contributed by atoms with Crippen molar-refractivity contribution in [2.24, 2.45) is 0 Å². The number of carbonyl (C=O) groups is 2. The number of unbranched alkanes of at least 4 members (excludes halogenated alkanes) is 1. The highest BCUT2D eigenvalue weighted by Gasteiger charge is 2.51. The summed E-state index contributed by atoms with van der Waals surface area (Å²) in [6.45, 7) is 2.71. The molecule has 36 heavy (non-hydrogen) atoms. The summed E-state index contributed by atoms with van der Waals surface area (Å²) < 4.78 is 10.3. The molecule has 0 saturated carbocycles. The first-order valence-electron chi connectivity index (χ1n) is 12.4. The van der Waals surface area contributed by atoms with Crippen LogP contribution in [0.25, 0.3) is 11.1 Å². The van der Waals surface area contributed by atoms with Gasteiger partial charge in [0.1, 0.15) is 12.6 Å². The molecule has 188 valence electrons. The average Bonchev–Trinajstić information content (AvgIpc) is 3.34. The molecular weight excluding hydrogens is 470 g/mol. The fourth-order valence-corrected chi connectivity index (χ4v) is 6.25. The van der Waals surface area contributed by atoms with Gasteiger partial charge in [-0.05, 0) is 40.8 Å². The Kier molecular flexibility index (Phi) is 8.70. The molecular formula is C30H33NO4S. The fraction of sp³-hybridized carbons (Fsp3) is 0.333. The molecule has 0 radical (unpaired) electrons. The molecule has 1 amide bonds. The Morgan fingerprint density at radius 2 is 1.58 bits per heavy atom. The molecule has 0 aliphatic carbocycles. The Morgan fingerprint density at radius 1 is 0.944 bits per heavy atom. The molecule has 1 aliphatic heterocycles. The predicted octanol–water partition coefficient (Wildman–Crippen LogP) is 6.67. The number of thioether (sulfide) groups is 1. The van der Waals surface area contributed by atoms with E-state index >= 15 is 0 Å². The first-order chi connectivity index (χ1) is 17.6. The Balaban J connectivity index is 1.61. The molecule has 6 heteroatoms. The van der Waals surface area contributed by atoms with Crippen molar-refractivity contribution in [1.82, 2.24) is 4.90 Å². The Morgan fingerprint density at radius 3 is 2.22 bits per heavy atom. The lowest BCUT2D eigenvalue weighted by molar-refractivity contribution is -0.145. The highest BCUT2D eigenvalue weighted by molar-refractivity contribution is 8.00. The number of methoxy groups -OCH3 is 1. The summed E-state index contributed by atoms with van der Waals surface area (Å²) in [5.41, 5.74) is 4.30. The second kappa shape index (κ2) is 12.1. The summed E-state index contributed by atoms with van der Waals surface area (Å²) in [4.78, 5) is 27.6. The van der Waals surface area contributed by atoms with Gasteiger partial charge in [0, 0.05) is 6.54 Å². The number of amides is 1. The van der Waals surface area contributed by atoms with E-state index in [4.69, 9.17) is 9.47 Å². The van der Waals surface area contributed by atoms with Gasteiger partial charge in [0.15, 0.2) is 0 Å². The van der Waals surface area contributed by atoms with Gasteiger partial charge < -0.3 is 9.47 Å². The van der Waals surface area contributed by atoms with E-state index in [-0.39, 0.29) is 6.61 Å². The quantitative estimate of drug-likeness (QED) is 0.241. The van der Waals surface area contributed by atoms with Crippen LogP contribution in [0.4, 0.5) is 4.79 Å². The summed E-state index contributed by atoms with van der Waals surface area (Å²) in [5, 5.41) is 0. The van der Waals surface area contributed by atoms with Gasteiger partial charge in [-0.2, -0.15) is 0 Å². The van der Waals surface area contributed by atoms with Crippen molar-refractivity contribution in [1.29, 1.82) is 0 Å². The normalized spacial score (nSPS) is 19.2. The summed E-state index contributed by atoms with van der Waals surface area (Å²) in [6, 6.07) is 27.6. The van der Waals surface area contributed by atoms with Crippen molar-refractivity contribution in [3.8, 4) is 11.1 Å². The standard InChI is InChI=1S/C30H33NO4S/c1-3-4-19-36-30(26-17-15-25(16-18-26)24-13-9-6-10-14-24)20-27(28(32)34-2)31(22-30)29(33)35-21-23-11-7-5-8-12-23/h5-18,27H,3-4,19-22H2,1-2H3. The van der Waals surface area contributed by atoms with Gasteiger partial charge in [0.2, 0.25) is 0 Å². The average molecular weight is 504 g/mol. The van der Waals surface area contributed by atoms with Gasteiger partial charge in [0.25, 0.3) is 0 Å². The van der Waals surface area contributed by atoms with Gasteiger partial charge in [-0.1, -0.05) is 98.3 Å². The van der Waals surface area contributed by atoms with Crippen LogP contribution in [0.15, 0.2) is 84.9 Å². The third-order valence-corrected chi connectivity index (χ3v) is 8.21. The molecule has 2 unspecified atom stereocenters. The number of ether oxygens (including phenoxy) is 2. The molecule has 0 bridgehead atoms. The number of hydrogen-bond donors (Lipinski definition) is 0. The van der Waals surface area contributed by atoms with E-state index in [1.165, 1.54) is 7.11 Å². The Hall–Kier alpha value is -3.25. The molecule has 3 aromatic rings. The van der Waals surface area contributed by atoms with Crippen molar-refractivity contribution in [3.63, 3.8) is 0 Å². The van der Waals surface area contributed by atoms with Crippen molar-refractivity contribution in [2.45, 2.75) is 43.6 Å². The predicted molar refractivity (Wildman–Crippen MR) is 145 cm³/mol. The molecule has 0 aromatic heterocycles. The molecule has 1 aliphatic rings. The van der Waals surface area contributed by atoms with Crippen LogP contribution in [0.5, 0.6) is 0 Å². The van der Waals surface area contributed by atoms with Crippen LogP contribution < -0.4 is 0 Å². The van der Waals surface area contributed by atoms with Gasteiger partial charge in [-0.3, -0.25) is 4.90 Å². The monoisotopic (exact) mass is 503 g/mol. The van der Waals surface area contributed by atoms with E-state index in [1.807, 2.05) is 60.3 Å². The molecule has 5 nitrogen and oxygen atoms in total. The van der Waals surface area contributed by atoms with Crippen LogP contribution in [-0.4, -0.2) is 42.4 Å². The van der Waals surface area contributed by atoms with Crippen LogP contribution in [0, 0.1) is 0 Å². The molecule has 0 N–H and O–H groups in total. The first kappa shape index (κ1) is 25.8. The van der Waals surface area contributed by atoms with E-state index in [9.17, 15) is 9.59 Å². The molecule has 1 saturated heterocycles. The van der Waals surface area contributed by atoms with Crippen molar-refractivity contribution >= 4 is 23.8 Å². The van der Waals surface area contributed by atoms with E-state index in [0.29, 0.717) is 13.0 Å². The number of carbonyl (C=O) groups excluding carboxylic acids is 2. The lowest BCUT2D eigenvalue weighted by Gasteiger charge is -2.29. The fourth-order valence-electron chi connectivity index (χ4n) is 4.62. The summed E-state index contributed by atoms with van der Waals surface area (Å²) in [7, 11) is 1.37. The lowest BCUT2D eigenvalue weighted by Crippen LogP contribution is -2.41. The van der Waals surface area contributed by atoms with Gasteiger partial charge in [-0.25, -0.2) is 9.59 Å². The van der Waals surface area contributed by atoms with Gasteiger partial charge in [-0.15, -0.1) is 11.8 Å². The van der Waals surface area contributed by atoms with E-state index in [1.54, 1.807) is 4.90 Å². The van der Waals surface area contributed by atoms with Gasteiger partial charge in [0.05, 0.1) is 11.9 Å². The third kappa shape index (κ3) is 5.93. The van der Waals surface area contributed by atoms with Crippen LogP contribution in [-0.2, 0) is 25.6 Å². The largest absolute Gasteiger partial charge is 0.467 e. The summed E-state index contributed by atoms with van der Waals surface area (Å²) in [6.07, 6.45) is 2.14. The molecule has 1 heterocycles. The second-order valence-corrected chi connectivity index (χ2v) is 10.5. The zero-order valence-corrected chi connectivity index (χ0v) is 21.7. The number of likely N-dealkylation sites (tertiary alicyclic amines) is 1. The molecule has 4 rings (SSSR count). The maximum Gasteiger partial charge on any atom is 0.410 e. The van der Waals surface area contributed by atoms with Crippen LogP contribution in [0.3, 0.4) is 0 Å². The van der Waals surface area contributed by atoms with Gasteiger partial charge >= 0.3 is 12.1 Å². The number of rotatable bonds is 9. The summed E-state index contributed by atoms with van der Waals surface area (Å²) in [5.74, 6) is 0.531. The Labute approximate surface area is 217 Å². The first-order valence-corrected chi connectivity index (χ1v) is 13.4. The Bertz CT molecular complexity index is 1140. The maximum absolute atomic E-state index is 13.2. The minimum Gasteiger partial charge on any atom is -0.467 e. The molecule has 0 spiro atoms. The number of esters is 1. The highest BCUT2D eigenvalue weighted by atomic mass is 32.2. The molecule has 2 atom stereocenters. The van der Waals surface area contributed by atoms with Crippen molar-refractivity contribution < 1.29 is 19.1 Å². The number of benzene rings is 3. The number of nitrogens with zero attached hydrogens (tertiary/aromatic N) is 1. The third-order valence-electron chi connectivity index (χ3n) is 6.63. The highest BCUT2D eigenvalue weighted by Crippen LogP contribution is 2.48. The molecule has 1 fully saturated rings. The zero-order chi connectivity index (χ0) is 25.4. The maximum atomic E-state index is 13.2. The van der Waals surface area contributed by atoms with Crippen molar-refractivity contribution in [2.75, 3.05) is 19.4 Å². The zero-order valence-electron chi connectivity index (χ0n) is 20.9.